The summed E-state index contributed by atoms with van der Waals surface area (Å²) in [5.74, 6) is 0. The molecule has 6 heteroatoms. The predicted octanol–water partition coefficient (Wildman–Crippen LogP) is 2.06. The minimum Gasteiger partial charge on any atom is -0.241 e. The van der Waals surface area contributed by atoms with Gasteiger partial charge in [-0.05, 0) is 12.1 Å². The summed E-state index contributed by atoms with van der Waals surface area (Å²) in [4.78, 5) is 8.25. The molecule has 0 amide bonds. The van der Waals surface area contributed by atoms with Crippen LogP contribution in [0.4, 0.5) is 0 Å². The van der Waals surface area contributed by atoms with Crippen LogP contribution in [0.1, 0.15) is 0 Å². The zero-order valence-corrected chi connectivity index (χ0v) is 9.74. The fourth-order valence-electron chi connectivity index (χ4n) is 1.45. The van der Waals surface area contributed by atoms with Gasteiger partial charge in [-0.2, -0.15) is 0 Å². The van der Waals surface area contributed by atoms with E-state index in [2.05, 4.69) is 9.97 Å². The number of benzene rings is 1. The van der Waals surface area contributed by atoms with E-state index in [0.29, 0.717) is 4.34 Å². The first-order chi connectivity index (χ1) is 7.86. The molecule has 1 aromatic carbocycles. The quantitative estimate of drug-likeness (QED) is 0.698. The van der Waals surface area contributed by atoms with Crippen molar-refractivity contribution in [3.05, 3.63) is 42.2 Å². The largest absolute Gasteiger partial charge is 0.241 e. The molecule has 2 heterocycles. The summed E-state index contributed by atoms with van der Waals surface area (Å²) in [6, 6.07) is 7.60. The molecule has 0 radical (unpaired) electrons. The van der Waals surface area contributed by atoms with Gasteiger partial charge in [0.15, 0.2) is 11.0 Å². The number of hydrogen-bond donors (Lipinski definition) is 0. The molecule has 0 aliphatic carbocycles. The Hall–Kier alpha value is -1.53. The van der Waals surface area contributed by atoms with Crippen molar-refractivity contribution in [1.29, 1.82) is 0 Å². The number of hydrogen-bond acceptors (Lipinski definition) is 4. The maximum atomic E-state index is 12.2. The van der Waals surface area contributed by atoms with Crippen LogP contribution in [0, 0.1) is 0 Å². The average molecular weight is 249 g/mol. The van der Waals surface area contributed by atoms with E-state index in [4.69, 9.17) is 0 Å². The van der Waals surface area contributed by atoms with Gasteiger partial charge in [-0.15, -0.1) is 11.3 Å². The number of aromatic nitrogens is 3. The lowest BCUT2D eigenvalue weighted by atomic mass is 10.3. The molecule has 0 N–H and O–H groups in total. The summed E-state index contributed by atoms with van der Waals surface area (Å²) in [5, 5.41) is 1.81. The molecule has 0 spiro atoms. The van der Waals surface area contributed by atoms with E-state index < -0.39 is 11.0 Å². The average Bonchev–Trinajstić information content (AvgIpc) is 2.98. The second-order valence-corrected chi connectivity index (χ2v) is 5.54. The van der Waals surface area contributed by atoms with Gasteiger partial charge in [-0.1, -0.05) is 12.1 Å². The molecule has 0 aliphatic rings. The van der Waals surface area contributed by atoms with Crippen molar-refractivity contribution in [3.63, 3.8) is 0 Å². The minimum absolute atomic E-state index is 0.586. The lowest BCUT2D eigenvalue weighted by Crippen LogP contribution is -2.02. The first-order valence-electron chi connectivity index (χ1n) is 4.60. The third kappa shape index (κ3) is 1.46. The topological polar surface area (TPSA) is 47.8 Å². The highest BCUT2D eigenvalue weighted by Crippen LogP contribution is 2.18. The number of imidazole rings is 1. The van der Waals surface area contributed by atoms with Crippen molar-refractivity contribution in [2.45, 2.75) is 4.34 Å². The van der Waals surface area contributed by atoms with Gasteiger partial charge in [0.1, 0.15) is 6.33 Å². The normalized spacial score (nSPS) is 13.0. The van der Waals surface area contributed by atoms with Gasteiger partial charge in [0, 0.05) is 11.6 Å². The van der Waals surface area contributed by atoms with Crippen LogP contribution in [0.3, 0.4) is 0 Å². The Labute approximate surface area is 98.2 Å². The first-order valence-corrected chi connectivity index (χ1v) is 6.59. The molecule has 3 aromatic rings. The number of nitrogens with zero attached hydrogens (tertiary/aromatic N) is 3. The molecule has 0 saturated carbocycles. The third-order valence-corrected chi connectivity index (χ3v) is 4.49. The molecule has 16 heavy (non-hydrogen) atoms. The van der Waals surface area contributed by atoms with E-state index in [1.54, 1.807) is 16.5 Å². The van der Waals surface area contributed by atoms with E-state index in [-0.39, 0.29) is 0 Å². The smallest absolute Gasteiger partial charge is 0.202 e. The lowest BCUT2D eigenvalue weighted by Gasteiger charge is -1.99. The Morgan fingerprint density at radius 2 is 2.12 bits per heavy atom. The molecule has 0 aliphatic heterocycles. The summed E-state index contributed by atoms with van der Waals surface area (Å²) in [5.41, 5.74) is 1.70. The monoisotopic (exact) mass is 249 g/mol. The Balaban J connectivity index is 2.16. The lowest BCUT2D eigenvalue weighted by molar-refractivity contribution is 0.677. The van der Waals surface area contributed by atoms with Crippen LogP contribution in [0.2, 0.25) is 0 Å². The standard InChI is InChI=1S/C10H7N3OS2/c14-16(10-11-5-6-15-10)13-7-12-8-3-1-2-4-9(8)13/h1-7H. The summed E-state index contributed by atoms with van der Waals surface area (Å²) >= 11 is 1.38. The van der Waals surface area contributed by atoms with Gasteiger partial charge in [0.05, 0.1) is 11.0 Å². The minimum atomic E-state index is -1.30. The molecule has 0 bridgehead atoms. The molecule has 3 rings (SSSR count). The Bertz CT molecular complexity index is 645. The van der Waals surface area contributed by atoms with Gasteiger partial charge in [-0.3, -0.25) is 0 Å². The molecular weight excluding hydrogens is 242 g/mol. The maximum absolute atomic E-state index is 12.2. The third-order valence-electron chi connectivity index (χ3n) is 2.16. The van der Waals surface area contributed by atoms with Crippen molar-refractivity contribution in [2.75, 3.05) is 0 Å². The van der Waals surface area contributed by atoms with Crippen molar-refractivity contribution in [2.24, 2.45) is 0 Å². The van der Waals surface area contributed by atoms with Gasteiger partial charge in [-0.25, -0.2) is 18.1 Å². The SMILES string of the molecule is O=S(c1nccs1)n1cnc2ccccc21. The highest BCUT2D eigenvalue weighted by molar-refractivity contribution is 7.85. The van der Waals surface area contributed by atoms with Crippen molar-refractivity contribution in [3.8, 4) is 0 Å². The van der Waals surface area contributed by atoms with Crippen molar-refractivity contribution >= 4 is 33.4 Å². The van der Waals surface area contributed by atoms with Gasteiger partial charge in [0.25, 0.3) is 0 Å². The second kappa shape index (κ2) is 3.80. The van der Waals surface area contributed by atoms with Crippen LogP contribution >= 0.6 is 11.3 Å². The van der Waals surface area contributed by atoms with Gasteiger partial charge < -0.3 is 0 Å². The zero-order valence-electron chi connectivity index (χ0n) is 8.11. The van der Waals surface area contributed by atoms with Gasteiger partial charge in [0.2, 0.25) is 4.34 Å². The highest BCUT2D eigenvalue weighted by atomic mass is 32.2. The maximum Gasteiger partial charge on any atom is 0.202 e. The fourth-order valence-corrected chi connectivity index (χ4v) is 3.33. The first kappa shape index (κ1) is 9.68. The van der Waals surface area contributed by atoms with Crippen LogP contribution in [0.25, 0.3) is 11.0 Å². The summed E-state index contributed by atoms with van der Waals surface area (Å²) < 4.78 is 14.4. The van der Waals surface area contributed by atoms with Crippen LogP contribution < -0.4 is 0 Å². The Morgan fingerprint density at radius 1 is 1.25 bits per heavy atom. The van der Waals surface area contributed by atoms with Crippen molar-refractivity contribution < 1.29 is 4.21 Å². The van der Waals surface area contributed by atoms with Crippen LogP contribution in [-0.2, 0) is 11.0 Å². The molecule has 4 nitrogen and oxygen atoms in total. The molecular formula is C10H7N3OS2. The van der Waals surface area contributed by atoms with Crippen LogP contribution in [0.15, 0.2) is 46.5 Å². The van der Waals surface area contributed by atoms with Crippen LogP contribution in [0.5, 0.6) is 0 Å². The Kier molecular flexibility index (Phi) is 2.30. The van der Waals surface area contributed by atoms with E-state index in [9.17, 15) is 4.21 Å². The zero-order chi connectivity index (χ0) is 11.0. The number of thiazole rings is 1. The molecule has 80 valence electrons. The number of fused-ring (bicyclic) bond motifs is 1. The Morgan fingerprint density at radius 3 is 2.94 bits per heavy atom. The van der Waals surface area contributed by atoms with E-state index >= 15 is 0 Å². The second-order valence-electron chi connectivity index (χ2n) is 3.11. The summed E-state index contributed by atoms with van der Waals surface area (Å²) in [6.45, 7) is 0. The van der Waals surface area contributed by atoms with E-state index in [0.717, 1.165) is 11.0 Å². The molecule has 1 unspecified atom stereocenters. The molecule has 0 saturated heterocycles. The summed E-state index contributed by atoms with van der Waals surface area (Å²) in [7, 11) is -1.30. The van der Waals surface area contributed by atoms with Crippen LogP contribution in [-0.4, -0.2) is 18.1 Å². The molecule has 2 aromatic heterocycles. The summed E-state index contributed by atoms with van der Waals surface area (Å²) in [6.07, 6.45) is 3.24. The van der Waals surface area contributed by atoms with Gasteiger partial charge >= 0.3 is 0 Å². The van der Waals surface area contributed by atoms with E-state index in [1.807, 2.05) is 29.6 Å². The van der Waals surface area contributed by atoms with Crippen molar-refractivity contribution in [1.82, 2.24) is 13.9 Å². The molecule has 0 fully saturated rings. The highest BCUT2D eigenvalue weighted by Gasteiger charge is 2.12. The number of rotatable bonds is 2. The van der Waals surface area contributed by atoms with E-state index in [1.165, 1.54) is 11.3 Å². The predicted molar refractivity (Wildman–Crippen MR) is 63.7 cm³/mol. The number of para-hydroxylation sites is 2. The molecule has 1 atom stereocenters. The fraction of sp³-hybridized carbons (Fsp3) is 0.